The third-order valence-corrected chi connectivity index (χ3v) is 12.2. The van der Waals surface area contributed by atoms with Crippen LogP contribution in [0.25, 0.3) is 0 Å². The van der Waals surface area contributed by atoms with E-state index in [-0.39, 0.29) is 32.3 Å². The highest BCUT2D eigenvalue weighted by atomic mass is 31.2. The molecule has 0 aliphatic carbocycles. The summed E-state index contributed by atoms with van der Waals surface area (Å²) >= 11 is 0. The van der Waals surface area contributed by atoms with E-state index in [1.165, 1.54) is 148 Å². The summed E-state index contributed by atoms with van der Waals surface area (Å²) in [5.41, 5.74) is 5.39. The molecular formula is C54H100NO7P. The van der Waals surface area contributed by atoms with Crippen molar-refractivity contribution in [2.75, 3.05) is 33.0 Å². The number of carbonyl (C=O) groups excluding carboxylic acids is 1. The molecule has 0 aromatic heterocycles. The van der Waals surface area contributed by atoms with Gasteiger partial charge in [-0.2, -0.15) is 0 Å². The van der Waals surface area contributed by atoms with Gasteiger partial charge in [-0.3, -0.25) is 13.8 Å². The smallest absolute Gasteiger partial charge is 0.457 e. The van der Waals surface area contributed by atoms with Crippen LogP contribution in [0.15, 0.2) is 60.8 Å². The van der Waals surface area contributed by atoms with Gasteiger partial charge in [-0.1, -0.05) is 235 Å². The highest BCUT2D eigenvalue weighted by molar-refractivity contribution is 7.47. The summed E-state index contributed by atoms with van der Waals surface area (Å²) in [4.78, 5) is 22.6. The Morgan fingerprint density at radius 2 is 0.889 bits per heavy atom. The number of nitrogens with two attached hydrogens (primary N) is 1. The van der Waals surface area contributed by atoms with Gasteiger partial charge < -0.3 is 20.1 Å². The lowest BCUT2D eigenvalue weighted by Crippen LogP contribution is -2.28. The topological polar surface area (TPSA) is 117 Å². The van der Waals surface area contributed by atoms with E-state index in [9.17, 15) is 14.3 Å². The number of rotatable bonds is 50. The average molecular weight is 906 g/mol. The van der Waals surface area contributed by atoms with Gasteiger partial charge in [-0.25, -0.2) is 4.57 Å². The van der Waals surface area contributed by atoms with Crippen LogP contribution in [0.4, 0.5) is 0 Å². The van der Waals surface area contributed by atoms with Crippen molar-refractivity contribution in [3.63, 3.8) is 0 Å². The van der Waals surface area contributed by atoms with Gasteiger partial charge in [0.2, 0.25) is 0 Å². The zero-order valence-electron chi connectivity index (χ0n) is 41.1. The summed E-state index contributed by atoms with van der Waals surface area (Å²) in [7, 11) is -4.29. The van der Waals surface area contributed by atoms with Crippen LogP contribution in [0.5, 0.6) is 0 Å². The van der Waals surface area contributed by atoms with Crippen molar-refractivity contribution < 1.29 is 32.8 Å². The molecule has 0 aliphatic heterocycles. The van der Waals surface area contributed by atoms with Crippen molar-refractivity contribution in [1.29, 1.82) is 0 Å². The molecule has 0 amide bonds. The molecule has 0 rings (SSSR count). The lowest BCUT2D eigenvalue weighted by Gasteiger charge is -2.20. The van der Waals surface area contributed by atoms with Gasteiger partial charge in [0.25, 0.3) is 0 Å². The second-order valence-electron chi connectivity index (χ2n) is 17.4. The number of phosphoric acid groups is 1. The van der Waals surface area contributed by atoms with Crippen molar-refractivity contribution >= 4 is 13.8 Å². The Kier molecular flexibility index (Phi) is 49.7. The molecule has 0 saturated heterocycles. The Labute approximate surface area is 389 Å². The van der Waals surface area contributed by atoms with E-state index in [0.29, 0.717) is 13.0 Å². The first-order valence-electron chi connectivity index (χ1n) is 26.3. The maximum Gasteiger partial charge on any atom is 0.472 e. The van der Waals surface area contributed by atoms with Gasteiger partial charge in [0, 0.05) is 19.6 Å². The summed E-state index contributed by atoms with van der Waals surface area (Å²) in [5.74, 6) is -0.330. The normalized spacial score (nSPS) is 13.8. The predicted molar refractivity (Wildman–Crippen MR) is 270 cm³/mol. The molecule has 0 bridgehead atoms. The summed E-state index contributed by atoms with van der Waals surface area (Å²) in [6, 6.07) is 0. The summed E-state index contributed by atoms with van der Waals surface area (Å²) in [5, 5.41) is 0. The number of allylic oxidation sites excluding steroid dienone is 10. The second kappa shape index (κ2) is 51.2. The van der Waals surface area contributed by atoms with Gasteiger partial charge in [-0.15, -0.1) is 0 Å². The third-order valence-electron chi connectivity index (χ3n) is 11.2. The van der Waals surface area contributed by atoms with Gasteiger partial charge in [-0.05, 0) is 57.8 Å². The van der Waals surface area contributed by atoms with Crippen molar-refractivity contribution in [1.82, 2.24) is 0 Å². The molecule has 0 spiro atoms. The van der Waals surface area contributed by atoms with E-state index in [1.54, 1.807) is 0 Å². The number of hydrogen-bond acceptors (Lipinski definition) is 7. The lowest BCUT2D eigenvalue weighted by atomic mass is 10.0. The predicted octanol–water partition coefficient (Wildman–Crippen LogP) is 16.5. The maximum atomic E-state index is 12.7. The SMILES string of the molecule is CC/C=C\C/C=C\C/C=C\C/C=C\C/C=C\CCCCCCCCCCOCC(COP(=O)(O)OCCN)OC(=O)CCCCCCCCCCCCCCCCCCCCCC. The monoisotopic (exact) mass is 906 g/mol. The highest BCUT2D eigenvalue weighted by Crippen LogP contribution is 2.43. The van der Waals surface area contributed by atoms with Gasteiger partial charge in [0.05, 0.1) is 19.8 Å². The molecule has 0 aromatic carbocycles. The summed E-state index contributed by atoms with van der Waals surface area (Å²) < 4.78 is 33.6. The van der Waals surface area contributed by atoms with E-state index < -0.39 is 13.9 Å². The molecule has 0 radical (unpaired) electrons. The van der Waals surface area contributed by atoms with Crippen LogP contribution < -0.4 is 5.73 Å². The molecule has 8 nitrogen and oxygen atoms in total. The Morgan fingerprint density at radius 1 is 0.492 bits per heavy atom. The van der Waals surface area contributed by atoms with Crippen LogP contribution in [0.1, 0.15) is 239 Å². The fraction of sp³-hybridized carbons (Fsp3) is 0.796. The summed E-state index contributed by atoms with van der Waals surface area (Å²) in [6.45, 7) is 4.82. The molecule has 0 aromatic rings. The first-order chi connectivity index (χ1) is 30.9. The molecule has 2 unspecified atom stereocenters. The molecule has 0 saturated carbocycles. The van der Waals surface area contributed by atoms with Crippen molar-refractivity contribution in [2.45, 2.75) is 245 Å². The Bertz CT molecular complexity index is 1150. The first kappa shape index (κ1) is 61.2. The lowest BCUT2D eigenvalue weighted by molar-refractivity contribution is -0.154. The van der Waals surface area contributed by atoms with E-state index in [1.807, 2.05) is 0 Å². The minimum atomic E-state index is -4.29. The first-order valence-corrected chi connectivity index (χ1v) is 27.8. The fourth-order valence-corrected chi connectivity index (χ4v) is 8.14. The van der Waals surface area contributed by atoms with Crippen LogP contribution in [0, 0.1) is 0 Å². The molecular weight excluding hydrogens is 806 g/mol. The Morgan fingerprint density at radius 3 is 1.33 bits per heavy atom. The minimum absolute atomic E-state index is 0.0979. The highest BCUT2D eigenvalue weighted by Gasteiger charge is 2.25. The van der Waals surface area contributed by atoms with Crippen molar-refractivity contribution in [3.05, 3.63) is 60.8 Å². The fourth-order valence-electron chi connectivity index (χ4n) is 7.38. The standard InChI is InChI=1S/C54H100NO7P/c1-3-5-7-9-11-13-15-17-19-21-23-25-26-27-28-30-32-34-36-38-40-42-44-46-49-59-51-53(52-61-63(57,58)60-50-48-55)62-54(56)47-45-43-41-39-37-35-33-31-29-24-22-20-18-16-14-12-10-8-6-4-2/h5,7,11,13,17,19,23,25,27-28,53H,3-4,6,8-10,12,14-16,18,20-22,24,26,29-52,55H2,1-2H3,(H,57,58)/b7-5-,13-11-,19-17-,25-23-,28-27-. The molecule has 0 aliphatic rings. The average Bonchev–Trinajstić information content (AvgIpc) is 3.28. The molecule has 0 heterocycles. The van der Waals surface area contributed by atoms with Gasteiger partial charge in [0.15, 0.2) is 0 Å². The van der Waals surface area contributed by atoms with Crippen LogP contribution in [0.3, 0.4) is 0 Å². The molecule has 9 heteroatoms. The molecule has 3 N–H and O–H groups in total. The van der Waals surface area contributed by atoms with Crippen molar-refractivity contribution in [2.24, 2.45) is 5.73 Å². The second-order valence-corrected chi connectivity index (χ2v) is 18.8. The zero-order valence-corrected chi connectivity index (χ0v) is 42.0. The van der Waals surface area contributed by atoms with Gasteiger partial charge >= 0.3 is 13.8 Å². The molecule has 368 valence electrons. The minimum Gasteiger partial charge on any atom is -0.457 e. The number of hydrogen-bond donors (Lipinski definition) is 2. The number of phosphoric ester groups is 1. The van der Waals surface area contributed by atoms with E-state index in [2.05, 4.69) is 74.6 Å². The number of esters is 1. The number of carbonyl (C=O) groups is 1. The zero-order chi connectivity index (χ0) is 45.8. The van der Waals surface area contributed by atoms with E-state index >= 15 is 0 Å². The molecule has 63 heavy (non-hydrogen) atoms. The van der Waals surface area contributed by atoms with Crippen molar-refractivity contribution in [3.8, 4) is 0 Å². The molecule has 2 atom stereocenters. The molecule has 0 fully saturated rings. The van der Waals surface area contributed by atoms with Gasteiger partial charge in [0.1, 0.15) is 6.10 Å². The van der Waals surface area contributed by atoms with E-state index in [0.717, 1.165) is 70.6 Å². The number of ether oxygens (including phenoxy) is 2. The quantitative estimate of drug-likeness (QED) is 0.0268. The van der Waals surface area contributed by atoms with E-state index in [4.69, 9.17) is 24.3 Å². The number of unbranched alkanes of at least 4 members (excludes halogenated alkanes) is 27. The van der Waals surface area contributed by atoms with Crippen LogP contribution in [0.2, 0.25) is 0 Å². The largest absolute Gasteiger partial charge is 0.472 e. The Hall–Kier alpha value is -1.80. The van der Waals surface area contributed by atoms with Crippen LogP contribution in [-0.2, 0) is 27.9 Å². The maximum absolute atomic E-state index is 12.7. The Balaban J connectivity index is 3.95. The van der Waals surface area contributed by atoms with Crippen LogP contribution >= 0.6 is 7.82 Å². The third kappa shape index (κ3) is 51.1. The van der Waals surface area contributed by atoms with Crippen LogP contribution in [-0.4, -0.2) is 49.9 Å². The summed E-state index contributed by atoms with van der Waals surface area (Å²) in [6.07, 6.45) is 64.0.